The van der Waals surface area contributed by atoms with Crippen molar-refractivity contribution in [1.29, 1.82) is 0 Å². The molecule has 158 valence electrons. The summed E-state index contributed by atoms with van der Waals surface area (Å²) in [5, 5.41) is 20.5. The van der Waals surface area contributed by atoms with E-state index in [0.29, 0.717) is 12.0 Å². The van der Waals surface area contributed by atoms with Crippen LogP contribution in [0.2, 0.25) is 0 Å². The number of carbonyl (C=O) groups excluding carboxylic acids is 1. The minimum atomic E-state index is -1.03. The van der Waals surface area contributed by atoms with Gasteiger partial charge < -0.3 is 15.9 Å². The third kappa shape index (κ3) is 10.3. The highest BCUT2D eigenvalue weighted by Gasteiger charge is 2.34. The Morgan fingerprint density at radius 3 is 2.38 bits per heavy atom. The smallest absolute Gasteiger partial charge is 0.226 e. The van der Waals surface area contributed by atoms with Gasteiger partial charge in [-0.1, -0.05) is 70.5 Å². The van der Waals surface area contributed by atoms with Crippen LogP contribution in [0.3, 0.4) is 0 Å². The van der Waals surface area contributed by atoms with Crippen molar-refractivity contribution in [3.63, 3.8) is 0 Å². The minimum Gasteiger partial charge on any atom is -0.388 e. The minimum absolute atomic E-state index is 0.487. The zero-order chi connectivity index (χ0) is 22.4. The molecule has 0 heterocycles. The molecule has 5 heteroatoms. The van der Waals surface area contributed by atoms with Crippen molar-refractivity contribution >= 4 is 21.8 Å². The second-order valence-corrected chi connectivity index (χ2v) is 7.96. The Kier molecular flexibility index (Phi) is 12.9. The van der Waals surface area contributed by atoms with Gasteiger partial charge in [0.1, 0.15) is 0 Å². The molecule has 0 aromatic heterocycles. The fourth-order valence-electron chi connectivity index (χ4n) is 2.19. The van der Waals surface area contributed by atoms with E-state index in [4.69, 9.17) is 5.73 Å². The van der Waals surface area contributed by atoms with Gasteiger partial charge in [-0.2, -0.15) is 0 Å². The van der Waals surface area contributed by atoms with Crippen LogP contribution in [0.5, 0.6) is 0 Å². The molecule has 2 unspecified atom stereocenters. The summed E-state index contributed by atoms with van der Waals surface area (Å²) < 4.78 is 0.717. The van der Waals surface area contributed by atoms with E-state index in [-0.39, 0.29) is 0 Å². The lowest BCUT2D eigenvalue weighted by Crippen LogP contribution is -2.42. The normalized spacial score (nSPS) is 16.3. The molecule has 0 spiro atoms. The summed E-state index contributed by atoms with van der Waals surface area (Å²) in [6.07, 6.45) is 15.3. The van der Waals surface area contributed by atoms with E-state index >= 15 is 0 Å². The molecule has 0 aromatic carbocycles. The van der Waals surface area contributed by atoms with Crippen molar-refractivity contribution in [3.8, 4) is 11.8 Å². The molecule has 0 saturated carbocycles. The SMILES string of the molecule is CC#C/C=C\C=C\CC(O)/C(Br)=C(C)/C=C/C=C\C=C(\C)C(O)C(C)(C)C(N)=O. The van der Waals surface area contributed by atoms with E-state index in [0.717, 1.165) is 10.1 Å². The van der Waals surface area contributed by atoms with Crippen LogP contribution in [0.25, 0.3) is 0 Å². The van der Waals surface area contributed by atoms with Gasteiger partial charge in [0.2, 0.25) is 5.91 Å². The van der Waals surface area contributed by atoms with Gasteiger partial charge in [-0.15, -0.1) is 5.92 Å². The van der Waals surface area contributed by atoms with Crippen LogP contribution < -0.4 is 5.73 Å². The van der Waals surface area contributed by atoms with Crippen molar-refractivity contribution in [2.24, 2.45) is 11.1 Å². The predicted octanol–water partition coefficient (Wildman–Crippen LogP) is 4.47. The van der Waals surface area contributed by atoms with Crippen LogP contribution in [0.15, 0.2) is 70.3 Å². The summed E-state index contributed by atoms with van der Waals surface area (Å²) in [7, 11) is 0. The van der Waals surface area contributed by atoms with E-state index in [9.17, 15) is 15.0 Å². The van der Waals surface area contributed by atoms with Gasteiger partial charge in [-0.25, -0.2) is 0 Å². The molecule has 0 saturated heterocycles. The van der Waals surface area contributed by atoms with Crippen LogP contribution >= 0.6 is 15.9 Å². The molecular weight excluding hydrogens is 430 g/mol. The van der Waals surface area contributed by atoms with Crippen LogP contribution in [0.4, 0.5) is 0 Å². The molecule has 29 heavy (non-hydrogen) atoms. The van der Waals surface area contributed by atoms with Crippen molar-refractivity contribution in [3.05, 3.63) is 70.3 Å². The number of rotatable bonds is 10. The Morgan fingerprint density at radius 1 is 1.14 bits per heavy atom. The second-order valence-electron chi connectivity index (χ2n) is 7.11. The zero-order valence-corrected chi connectivity index (χ0v) is 19.4. The standard InChI is InChI=1S/C24H32BrNO3/c1-6-7-8-9-10-14-17-20(27)21(25)18(2)15-12-11-13-16-19(3)22(28)24(4,5)23(26)29/h8-16,20,22,27-28H,17H2,1-5H3,(H2,26,29)/b9-8-,13-11-,14-10+,15-12+,19-16-,21-18-. The Morgan fingerprint density at radius 2 is 1.79 bits per heavy atom. The molecule has 0 aliphatic carbocycles. The number of hydrogen-bond donors (Lipinski definition) is 3. The number of amides is 1. The first-order chi connectivity index (χ1) is 13.6. The summed E-state index contributed by atoms with van der Waals surface area (Å²) >= 11 is 3.44. The maximum Gasteiger partial charge on any atom is 0.226 e. The number of hydrogen-bond acceptors (Lipinski definition) is 3. The summed E-state index contributed by atoms with van der Waals surface area (Å²) in [5.41, 5.74) is 5.85. The lowest BCUT2D eigenvalue weighted by Gasteiger charge is -2.27. The van der Waals surface area contributed by atoms with E-state index in [1.807, 2.05) is 43.4 Å². The number of halogens is 1. The second kappa shape index (κ2) is 13.9. The van der Waals surface area contributed by atoms with E-state index in [1.54, 1.807) is 45.9 Å². The maximum atomic E-state index is 11.4. The quantitative estimate of drug-likeness (QED) is 0.331. The first-order valence-electron chi connectivity index (χ1n) is 9.33. The summed E-state index contributed by atoms with van der Waals surface area (Å²) in [6, 6.07) is 0. The molecule has 0 bridgehead atoms. The number of nitrogens with two attached hydrogens (primary N) is 1. The molecule has 0 aliphatic rings. The lowest BCUT2D eigenvalue weighted by molar-refractivity contribution is -0.130. The Bertz CT molecular complexity index is 787. The highest BCUT2D eigenvalue weighted by atomic mass is 79.9. The van der Waals surface area contributed by atoms with Crippen molar-refractivity contribution in [2.45, 2.75) is 53.2 Å². The summed E-state index contributed by atoms with van der Waals surface area (Å²) in [4.78, 5) is 11.4. The number of allylic oxidation sites excluding steroid dienone is 9. The van der Waals surface area contributed by atoms with Crippen LogP contribution in [-0.2, 0) is 4.79 Å². The topological polar surface area (TPSA) is 83.6 Å². The average molecular weight is 462 g/mol. The monoisotopic (exact) mass is 461 g/mol. The molecule has 4 nitrogen and oxygen atoms in total. The van der Waals surface area contributed by atoms with Crippen molar-refractivity contribution < 1.29 is 15.0 Å². The zero-order valence-electron chi connectivity index (χ0n) is 17.8. The Labute approximate surface area is 183 Å². The maximum absolute atomic E-state index is 11.4. The highest BCUT2D eigenvalue weighted by Crippen LogP contribution is 2.25. The molecule has 0 rings (SSSR count). The van der Waals surface area contributed by atoms with E-state index in [1.165, 1.54) is 0 Å². The number of carbonyl (C=O) groups is 1. The number of aliphatic hydroxyl groups excluding tert-OH is 2. The Balaban J connectivity index is 4.87. The molecule has 2 atom stereocenters. The van der Waals surface area contributed by atoms with Gasteiger partial charge in [0.05, 0.1) is 17.6 Å². The average Bonchev–Trinajstić information content (AvgIpc) is 2.68. The molecular formula is C24H32BrNO3. The molecule has 0 aromatic rings. The summed E-state index contributed by atoms with van der Waals surface area (Å²) in [5.74, 6) is 5.04. The van der Waals surface area contributed by atoms with Crippen LogP contribution in [-0.4, -0.2) is 28.3 Å². The molecule has 0 radical (unpaired) electrons. The van der Waals surface area contributed by atoms with Gasteiger partial charge >= 0.3 is 0 Å². The van der Waals surface area contributed by atoms with Crippen molar-refractivity contribution in [1.82, 2.24) is 0 Å². The van der Waals surface area contributed by atoms with E-state index in [2.05, 4.69) is 27.8 Å². The highest BCUT2D eigenvalue weighted by molar-refractivity contribution is 9.11. The molecule has 1 amide bonds. The van der Waals surface area contributed by atoms with E-state index < -0.39 is 23.5 Å². The molecule has 0 aliphatic heterocycles. The van der Waals surface area contributed by atoms with Gasteiger partial charge in [0, 0.05) is 4.48 Å². The number of aliphatic hydroxyl groups is 2. The van der Waals surface area contributed by atoms with Crippen molar-refractivity contribution in [2.75, 3.05) is 0 Å². The van der Waals surface area contributed by atoms with Gasteiger partial charge in [0.15, 0.2) is 0 Å². The number of primary amides is 1. The van der Waals surface area contributed by atoms with Gasteiger partial charge in [-0.3, -0.25) is 4.79 Å². The fraction of sp³-hybridized carbons (Fsp3) is 0.375. The van der Waals surface area contributed by atoms with Gasteiger partial charge in [0.25, 0.3) is 0 Å². The largest absolute Gasteiger partial charge is 0.388 e. The van der Waals surface area contributed by atoms with Gasteiger partial charge in [-0.05, 0) is 58.3 Å². The molecule has 0 fully saturated rings. The summed E-state index contributed by atoms with van der Waals surface area (Å²) in [6.45, 7) is 8.65. The fourth-order valence-corrected chi connectivity index (χ4v) is 2.50. The predicted molar refractivity (Wildman–Crippen MR) is 125 cm³/mol. The Hall–Kier alpha value is -2.13. The third-order valence-electron chi connectivity index (χ3n) is 4.28. The van der Waals surface area contributed by atoms with Crippen LogP contribution in [0.1, 0.15) is 41.0 Å². The first-order valence-corrected chi connectivity index (χ1v) is 10.1. The first kappa shape index (κ1) is 26.9. The third-order valence-corrected chi connectivity index (χ3v) is 5.43. The lowest BCUT2D eigenvalue weighted by atomic mass is 9.82. The molecule has 4 N–H and O–H groups in total. The van der Waals surface area contributed by atoms with Crippen LogP contribution in [0, 0.1) is 17.3 Å².